The molecule has 84 valence electrons. The first-order valence-corrected chi connectivity index (χ1v) is 5.81. The van der Waals surface area contributed by atoms with Crippen molar-refractivity contribution in [3.63, 3.8) is 0 Å². The molecule has 0 saturated carbocycles. The molecule has 2 unspecified atom stereocenters. The molecule has 0 aromatic rings. The molecule has 3 heteroatoms. The van der Waals surface area contributed by atoms with Crippen LogP contribution in [0.25, 0.3) is 0 Å². The number of rotatable bonds is 6. The summed E-state index contributed by atoms with van der Waals surface area (Å²) in [6.07, 6.45) is 4.37. The lowest BCUT2D eigenvalue weighted by atomic mass is 10.1. The molecule has 1 fully saturated rings. The second-order valence-electron chi connectivity index (χ2n) is 4.04. The van der Waals surface area contributed by atoms with Gasteiger partial charge in [-0.05, 0) is 25.7 Å². The van der Waals surface area contributed by atoms with Crippen LogP contribution < -0.4 is 5.32 Å². The number of hydrogen-bond acceptors (Lipinski definition) is 3. The van der Waals surface area contributed by atoms with Gasteiger partial charge in [0.2, 0.25) is 0 Å². The Morgan fingerprint density at radius 1 is 1.43 bits per heavy atom. The van der Waals surface area contributed by atoms with Crippen molar-refractivity contribution in [2.24, 2.45) is 0 Å². The summed E-state index contributed by atoms with van der Waals surface area (Å²) in [5, 5.41) is 12.8. The van der Waals surface area contributed by atoms with Crippen molar-refractivity contribution in [3.05, 3.63) is 0 Å². The molecule has 3 atom stereocenters. The van der Waals surface area contributed by atoms with E-state index in [1.165, 1.54) is 6.42 Å². The summed E-state index contributed by atoms with van der Waals surface area (Å²) in [5.74, 6) is 0. The van der Waals surface area contributed by atoms with E-state index in [-0.39, 0.29) is 6.10 Å². The smallest absolute Gasteiger partial charge is 0.0728 e. The van der Waals surface area contributed by atoms with Crippen molar-refractivity contribution in [2.75, 3.05) is 13.2 Å². The standard InChI is InChI=1S/C11H23NO2/c1-3-9(13)8-12-10(4-2)11-6-5-7-14-11/h9-13H,3-8H2,1-2H3/t9-,10?,11?/m1/s1. The Morgan fingerprint density at radius 3 is 2.71 bits per heavy atom. The number of nitrogens with one attached hydrogen (secondary N) is 1. The van der Waals surface area contributed by atoms with Crippen LogP contribution >= 0.6 is 0 Å². The third-order valence-electron chi connectivity index (χ3n) is 2.94. The van der Waals surface area contributed by atoms with Crippen LogP contribution in [0.2, 0.25) is 0 Å². The minimum atomic E-state index is -0.217. The van der Waals surface area contributed by atoms with E-state index in [2.05, 4.69) is 12.2 Å². The topological polar surface area (TPSA) is 41.5 Å². The van der Waals surface area contributed by atoms with Crippen LogP contribution in [0.1, 0.15) is 39.5 Å². The van der Waals surface area contributed by atoms with Gasteiger partial charge in [0.05, 0.1) is 12.2 Å². The largest absolute Gasteiger partial charge is 0.392 e. The van der Waals surface area contributed by atoms with E-state index < -0.39 is 0 Å². The molecule has 3 nitrogen and oxygen atoms in total. The first kappa shape index (κ1) is 12.0. The number of aliphatic hydroxyl groups is 1. The van der Waals surface area contributed by atoms with Gasteiger partial charge in [0.25, 0.3) is 0 Å². The minimum Gasteiger partial charge on any atom is -0.392 e. The van der Waals surface area contributed by atoms with Crippen LogP contribution in [0, 0.1) is 0 Å². The quantitative estimate of drug-likeness (QED) is 0.680. The molecule has 0 aromatic heterocycles. The van der Waals surface area contributed by atoms with Gasteiger partial charge in [-0.2, -0.15) is 0 Å². The van der Waals surface area contributed by atoms with Crippen LogP contribution in [-0.4, -0.2) is 36.5 Å². The highest BCUT2D eigenvalue weighted by Gasteiger charge is 2.24. The van der Waals surface area contributed by atoms with Gasteiger partial charge in [-0.3, -0.25) is 0 Å². The summed E-state index contributed by atoms with van der Waals surface area (Å²) in [4.78, 5) is 0. The maximum Gasteiger partial charge on any atom is 0.0728 e. The lowest BCUT2D eigenvalue weighted by Crippen LogP contribution is -2.42. The molecule has 1 saturated heterocycles. The van der Waals surface area contributed by atoms with Crippen molar-refractivity contribution in [1.29, 1.82) is 0 Å². The Morgan fingerprint density at radius 2 is 2.21 bits per heavy atom. The van der Waals surface area contributed by atoms with E-state index >= 15 is 0 Å². The zero-order chi connectivity index (χ0) is 10.4. The summed E-state index contributed by atoms with van der Waals surface area (Å²) in [6, 6.07) is 0.415. The average Bonchev–Trinajstić information content (AvgIpc) is 2.72. The molecule has 2 N–H and O–H groups in total. The molecule has 14 heavy (non-hydrogen) atoms. The molecule has 0 spiro atoms. The van der Waals surface area contributed by atoms with Crippen molar-refractivity contribution >= 4 is 0 Å². The maximum absolute atomic E-state index is 9.44. The normalized spacial score (nSPS) is 26.4. The minimum absolute atomic E-state index is 0.217. The van der Waals surface area contributed by atoms with Gasteiger partial charge in [0, 0.05) is 19.2 Å². The molecule has 1 aliphatic rings. The Kier molecular flexibility index (Phi) is 5.45. The highest BCUT2D eigenvalue weighted by Crippen LogP contribution is 2.17. The van der Waals surface area contributed by atoms with Gasteiger partial charge in [0.1, 0.15) is 0 Å². The maximum atomic E-state index is 9.44. The Labute approximate surface area is 86.8 Å². The van der Waals surface area contributed by atoms with Gasteiger partial charge in [-0.25, -0.2) is 0 Å². The van der Waals surface area contributed by atoms with E-state index in [0.29, 0.717) is 18.7 Å². The first-order chi connectivity index (χ1) is 6.77. The zero-order valence-electron chi connectivity index (χ0n) is 9.33. The van der Waals surface area contributed by atoms with Crippen molar-refractivity contribution in [2.45, 2.75) is 57.8 Å². The Bertz CT molecular complexity index is 146. The van der Waals surface area contributed by atoms with Crippen LogP contribution in [0.15, 0.2) is 0 Å². The Hall–Kier alpha value is -0.120. The van der Waals surface area contributed by atoms with Gasteiger partial charge in [0.15, 0.2) is 0 Å². The van der Waals surface area contributed by atoms with E-state index in [1.807, 2.05) is 6.92 Å². The average molecular weight is 201 g/mol. The zero-order valence-corrected chi connectivity index (χ0v) is 9.33. The van der Waals surface area contributed by atoms with E-state index in [1.54, 1.807) is 0 Å². The van der Waals surface area contributed by atoms with E-state index in [9.17, 15) is 5.11 Å². The fourth-order valence-electron chi connectivity index (χ4n) is 1.89. The van der Waals surface area contributed by atoms with Crippen molar-refractivity contribution in [3.8, 4) is 0 Å². The summed E-state index contributed by atoms with van der Waals surface area (Å²) in [6.45, 7) is 5.76. The molecule has 0 radical (unpaired) electrons. The number of ether oxygens (including phenoxy) is 1. The lowest BCUT2D eigenvalue weighted by molar-refractivity contribution is 0.0695. The Balaban J connectivity index is 2.23. The van der Waals surface area contributed by atoms with Gasteiger partial charge < -0.3 is 15.2 Å². The fraction of sp³-hybridized carbons (Fsp3) is 1.00. The van der Waals surface area contributed by atoms with Gasteiger partial charge in [-0.1, -0.05) is 13.8 Å². The first-order valence-electron chi connectivity index (χ1n) is 5.81. The second kappa shape index (κ2) is 6.38. The predicted molar refractivity (Wildman–Crippen MR) is 57.4 cm³/mol. The molecule has 1 heterocycles. The van der Waals surface area contributed by atoms with Gasteiger partial charge >= 0.3 is 0 Å². The second-order valence-corrected chi connectivity index (χ2v) is 4.04. The molecule has 1 rings (SSSR count). The van der Waals surface area contributed by atoms with Crippen molar-refractivity contribution in [1.82, 2.24) is 5.32 Å². The molecule has 1 aliphatic heterocycles. The highest BCUT2D eigenvalue weighted by molar-refractivity contribution is 4.80. The summed E-state index contributed by atoms with van der Waals surface area (Å²) in [7, 11) is 0. The molecule has 0 aromatic carbocycles. The van der Waals surface area contributed by atoms with Crippen LogP contribution in [0.3, 0.4) is 0 Å². The third kappa shape index (κ3) is 3.56. The molecular formula is C11H23NO2. The number of hydrogen-bond donors (Lipinski definition) is 2. The van der Waals surface area contributed by atoms with Crippen LogP contribution in [0.5, 0.6) is 0 Å². The summed E-state index contributed by atoms with van der Waals surface area (Å²) < 4.78 is 5.63. The number of aliphatic hydroxyl groups excluding tert-OH is 1. The van der Waals surface area contributed by atoms with E-state index in [0.717, 1.165) is 25.9 Å². The monoisotopic (exact) mass is 201 g/mol. The molecule has 0 bridgehead atoms. The molecule has 0 aliphatic carbocycles. The van der Waals surface area contributed by atoms with E-state index in [4.69, 9.17) is 4.74 Å². The summed E-state index contributed by atoms with van der Waals surface area (Å²) in [5.41, 5.74) is 0. The summed E-state index contributed by atoms with van der Waals surface area (Å²) >= 11 is 0. The molecule has 0 amide bonds. The van der Waals surface area contributed by atoms with Crippen molar-refractivity contribution < 1.29 is 9.84 Å². The highest BCUT2D eigenvalue weighted by atomic mass is 16.5. The SMILES string of the molecule is CCC(NC[C@H](O)CC)C1CCCO1. The van der Waals surface area contributed by atoms with Crippen LogP contribution in [-0.2, 0) is 4.74 Å². The van der Waals surface area contributed by atoms with Gasteiger partial charge in [-0.15, -0.1) is 0 Å². The predicted octanol–water partition coefficient (Wildman–Crippen LogP) is 1.30. The lowest BCUT2D eigenvalue weighted by Gasteiger charge is -2.24. The fourth-order valence-corrected chi connectivity index (χ4v) is 1.89. The third-order valence-corrected chi connectivity index (χ3v) is 2.94. The molecular weight excluding hydrogens is 178 g/mol. The van der Waals surface area contributed by atoms with Crippen LogP contribution in [0.4, 0.5) is 0 Å².